The number of halogens is 1. The second-order valence-electron chi connectivity index (χ2n) is 8.55. The standard InChI is InChI=1S/C29H19BrN2O/c30-24-9-4-8-21-22-16-19(12-14-27(22)33-29(21)24)18-11-13-25-23(17-18)28-26(10-5-15-31-28)32(25)20-6-2-1-3-7-20/h1-15,17,19H,16H2. The summed E-state index contributed by atoms with van der Waals surface area (Å²) < 4.78 is 9.44. The lowest BCUT2D eigenvalue weighted by Crippen LogP contribution is -2.04. The third kappa shape index (κ3) is 2.84. The summed E-state index contributed by atoms with van der Waals surface area (Å²) in [6.07, 6.45) is 7.20. The minimum Gasteiger partial charge on any atom is -0.455 e. The quantitative estimate of drug-likeness (QED) is 0.245. The Bertz CT molecular complexity index is 1710. The van der Waals surface area contributed by atoms with E-state index < -0.39 is 0 Å². The third-order valence-electron chi connectivity index (χ3n) is 6.69. The molecule has 158 valence electrons. The van der Waals surface area contributed by atoms with Crippen LogP contribution in [0.4, 0.5) is 0 Å². The van der Waals surface area contributed by atoms with E-state index in [1.807, 2.05) is 18.3 Å². The fraction of sp³-hybridized carbons (Fsp3) is 0.0690. The number of benzene rings is 3. The summed E-state index contributed by atoms with van der Waals surface area (Å²) in [7, 11) is 0. The third-order valence-corrected chi connectivity index (χ3v) is 7.32. The molecule has 0 aliphatic heterocycles. The lowest BCUT2D eigenvalue weighted by atomic mass is 9.86. The first-order valence-corrected chi connectivity index (χ1v) is 11.9. The maximum atomic E-state index is 6.14. The van der Waals surface area contributed by atoms with Crippen molar-refractivity contribution in [1.82, 2.24) is 9.55 Å². The Hall–Kier alpha value is -3.63. The predicted octanol–water partition coefficient (Wildman–Crippen LogP) is 8.04. The monoisotopic (exact) mass is 490 g/mol. The number of fused-ring (bicyclic) bond motifs is 6. The van der Waals surface area contributed by atoms with Gasteiger partial charge in [0, 0.05) is 34.1 Å². The van der Waals surface area contributed by atoms with Crippen LogP contribution >= 0.6 is 15.9 Å². The van der Waals surface area contributed by atoms with E-state index in [0.717, 1.165) is 39.0 Å². The summed E-state index contributed by atoms with van der Waals surface area (Å²) in [6.45, 7) is 0. The zero-order valence-corrected chi connectivity index (χ0v) is 19.3. The summed E-state index contributed by atoms with van der Waals surface area (Å²) in [6, 6.07) is 27.7. The molecular weight excluding hydrogens is 472 g/mol. The molecule has 7 rings (SSSR count). The van der Waals surface area contributed by atoms with Crippen LogP contribution in [-0.2, 0) is 6.42 Å². The normalized spacial score (nSPS) is 15.5. The summed E-state index contributed by atoms with van der Waals surface area (Å²) in [5.41, 5.74) is 8.00. The molecule has 1 aliphatic carbocycles. The van der Waals surface area contributed by atoms with Crippen molar-refractivity contribution in [3.8, 4) is 5.69 Å². The second-order valence-corrected chi connectivity index (χ2v) is 9.40. The Balaban J connectivity index is 1.38. The van der Waals surface area contributed by atoms with E-state index in [0.29, 0.717) is 5.92 Å². The van der Waals surface area contributed by atoms with Gasteiger partial charge in [0.1, 0.15) is 11.3 Å². The molecule has 6 aromatic rings. The van der Waals surface area contributed by atoms with Crippen LogP contribution < -0.4 is 0 Å². The van der Waals surface area contributed by atoms with Crippen molar-refractivity contribution >= 4 is 54.9 Å². The fourth-order valence-corrected chi connectivity index (χ4v) is 5.61. The molecular formula is C29H19BrN2O. The van der Waals surface area contributed by atoms with E-state index in [9.17, 15) is 0 Å². The van der Waals surface area contributed by atoms with Crippen LogP contribution in [0.25, 0.3) is 44.7 Å². The van der Waals surface area contributed by atoms with Crippen LogP contribution in [0.1, 0.15) is 22.8 Å². The summed E-state index contributed by atoms with van der Waals surface area (Å²) in [5, 5.41) is 2.38. The number of hydrogen-bond acceptors (Lipinski definition) is 2. The molecule has 1 unspecified atom stereocenters. The van der Waals surface area contributed by atoms with Gasteiger partial charge in [-0.15, -0.1) is 0 Å². The van der Waals surface area contributed by atoms with Crippen LogP contribution in [0.2, 0.25) is 0 Å². The first-order valence-electron chi connectivity index (χ1n) is 11.1. The average molecular weight is 491 g/mol. The van der Waals surface area contributed by atoms with Crippen LogP contribution in [0.15, 0.2) is 100 Å². The molecule has 1 atom stereocenters. The Morgan fingerprint density at radius 2 is 1.79 bits per heavy atom. The topological polar surface area (TPSA) is 31.0 Å². The number of nitrogens with zero attached hydrogens (tertiary/aromatic N) is 2. The van der Waals surface area contributed by atoms with Gasteiger partial charge in [-0.3, -0.25) is 4.98 Å². The van der Waals surface area contributed by atoms with Gasteiger partial charge in [0.2, 0.25) is 0 Å². The minimum atomic E-state index is 0.292. The zero-order valence-electron chi connectivity index (χ0n) is 17.7. The van der Waals surface area contributed by atoms with Crippen molar-refractivity contribution < 1.29 is 4.42 Å². The van der Waals surface area contributed by atoms with Gasteiger partial charge in [0.25, 0.3) is 0 Å². The number of allylic oxidation sites excluding steroid dienone is 1. The van der Waals surface area contributed by atoms with Gasteiger partial charge in [0.15, 0.2) is 0 Å². The maximum absolute atomic E-state index is 6.14. The summed E-state index contributed by atoms with van der Waals surface area (Å²) >= 11 is 3.63. The van der Waals surface area contributed by atoms with E-state index in [2.05, 4.69) is 99.4 Å². The number of para-hydroxylation sites is 2. The van der Waals surface area contributed by atoms with Crippen molar-refractivity contribution in [2.24, 2.45) is 0 Å². The first-order chi connectivity index (χ1) is 16.3. The molecule has 0 spiro atoms. The van der Waals surface area contributed by atoms with E-state index in [-0.39, 0.29) is 0 Å². The molecule has 0 fully saturated rings. The largest absolute Gasteiger partial charge is 0.455 e. The van der Waals surface area contributed by atoms with Crippen LogP contribution in [0, 0.1) is 0 Å². The number of furan rings is 1. The summed E-state index contributed by atoms with van der Waals surface area (Å²) in [4.78, 5) is 4.76. The lowest BCUT2D eigenvalue weighted by molar-refractivity contribution is 0.590. The molecule has 3 heterocycles. The smallest absolute Gasteiger partial charge is 0.149 e. The SMILES string of the molecule is Brc1cccc2c3c(oc12)C=CC(c1ccc2c(c1)c1ncccc1n2-c1ccccc1)C3. The Kier molecular flexibility index (Phi) is 4.12. The zero-order chi connectivity index (χ0) is 21.9. The number of pyridine rings is 1. The highest BCUT2D eigenvalue weighted by Crippen LogP contribution is 2.40. The molecule has 1 aliphatic rings. The van der Waals surface area contributed by atoms with Crippen LogP contribution in [-0.4, -0.2) is 9.55 Å². The molecule has 3 nitrogen and oxygen atoms in total. The van der Waals surface area contributed by atoms with Crippen molar-refractivity contribution in [2.75, 3.05) is 0 Å². The van der Waals surface area contributed by atoms with Crippen molar-refractivity contribution in [1.29, 1.82) is 0 Å². The van der Waals surface area contributed by atoms with Gasteiger partial charge in [-0.1, -0.05) is 42.5 Å². The van der Waals surface area contributed by atoms with Gasteiger partial charge in [-0.05, 0) is 76.5 Å². The van der Waals surface area contributed by atoms with E-state index in [1.54, 1.807) is 0 Å². The van der Waals surface area contributed by atoms with Crippen LogP contribution in [0.5, 0.6) is 0 Å². The molecule has 4 heteroatoms. The number of aromatic nitrogens is 2. The van der Waals surface area contributed by atoms with E-state index in [4.69, 9.17) is 9.40 Å². The maximum Gasteiger partial charge on any atom is 0.149 e. The van der Waals surface area contributed by atoms with E-state index >= 15 is 0 Å². The average Bonchev–Trinajstić information content (AvgIpc) is 3.40. The Labute approximate surface area is 199 Å². The Morgan fingerprint density at radius 1 is 0.879 bits per heavy atom. The molecule has 0 bridgehead atoms. The molecule has 0 amide bonds. The molecule has 0 N–H and O–H groups in total. The second kappa shape index (κ2) is 7.19. The lowest BCUT2D eigenvalue weighted by Gasteiger charge is -2.17. The Morgan fingerprint density at radius 3 is 2.70 bits per heavy atom. The molecule has 0 saturated carbocycles. The molecule has 3 aromatic carbocycles. The highest BCUT2D eigenvalue weighted by atomic mass is 79.9. The van der Waals surface area contributed by atoms with Gasteiger partial charge >= 0.3 is 0 Å². The number of rotatable bonds is 2. The minimum absolute atomic E-state index is 0.292. The van der Waals surface area contributed by atoms with Gasteiger partial charge in [0.05, 0.1) is 21.0 Å². The molecule has 0 saturated heterocycles. The molecule has 3 aromatic heterocycles. The molecule has 0 radical (unpaired) electrons. The van der Waals surface area contributed by atoms with Gasteiger partial charge < -0.3 is 8.98 Å². The molecule has 33 heavy (non-hydrogen) atoms. The summed E-state index contributed by atoms with van der Waals surface area (Å²) in [5.74, 6) is 1.26. The van der Waals surface area contributed by atoms with Crippen LogP contribution in [0.3, 0.4) is 0 Å². The van der Waals surface area contributed by atoms with Crippen molar-refractivity contribution in [3.05, 3.63) is 112 Å². The van der Waals surface area contributed by atoms with Crippen molar-refractivity contribution in [3.63, 3.8) is 0 Å². The predicted molar refractivity (Wildman–Crippen MR) is 138 cm³/mol. The van der Waals surface area contributed by atoms with Gasteiger partial charge in [-0.2, -0.15) is 0 Å². The van der Waals surface area contributed by atoms with Crippen molar-refractivity contribution in [2.45, 2.75) is 12.3 Å². The highest BCUT2D eigenvalue weighted by Gasteiger charge is 2.23. The number of hydrogen-bond donors (Lipinski definition) is 0. The fourth-order valence-electron chi connectivity index (χ4n) is 5.16. The first kappa shape index (κ1) is 18.9. The van der Waals surface area contributed by atoms with E-state index in [1.165, 1.54) is 27.4 Å². The van der Waals surface area contributed by atoms with Gasteiger partial charge in [-0.25, -0.2) is 0 Å². The highest BCUT2D eigenvalue weighted by molar-refractivity contribution is 9.10.